The highest BCUT2D eigenvalue weighted by molar-refractivity contribution is 5.77. The molecule has 2 N–H and O–H groups in total. The average Bonchev–Trinajstić information content (AvgIpc) is 2.61. The van der Waals surface area contributed by atoms with E-state index in [0.717, 1.165) is 30.8 Å². The van der Waals surface area contributed by atoms with Gasteiger partial charge < -0.3 is 15.4 Å². The highest BCUT2D eigenvalue weighted by atomic mass is 16.5. The van der Waals surface area contributed by atoms with Gasteiger partial charge in [0.2, 0.25) is 0 Å². The summed E-state index contributed by atoms with van der Waals surface area (Å²) in [6.07, 6.45) is 1.94. The van der Waals surface area contributed by atoms with Crippen LogP contribution in [0.25, 0.3) is 0 Å². The summed E-state index contributed by atoms with van der Waals surface area (Å²) in [6, 6.07) is 0.705. The molecule has 2 unspecified atom stereocenters. The minimum atomic E-state index is -0.0632. The molecular weight excluding hydrogens is 256 g/mol. The number of nitrogens with zero attached hydrogens (tertiary/aromatic N) is 2. The lowest BCUT2D eigenvalue weighted by Crippen LogP contribution is -2.47. The third kappa shape index (κ3) is 3.50. The topological polar surface area (TPSA) is 68.2 Å². The molecular formula is C14H24N4O2. The minimum absolute atomic E-state index is 0.0473. The predicted molar refractivity (Wildman–Crippen MR) is 76.8 cm³/mol. The lowest BCUT2D eigenvalue weighted by atomic mass is 10.0. The number of rotatable bonds is 4. The van der Waals surface area contributed by atoms with Crippen LogP contribution in [0.3, 0.4) is 0 Å². The predicted octanol–water partition coefficient (Wildman–Crippen LogP) is 0.672. The van der Waals surface area contributed by atoms with Crippen molar-refractivity contribution in [3.8, 4) is 5.75 Å². The fourth-order valence-electron chi connectivity index (χ4n) is 2.63. The molecule has 0 radical (unpaired) electrons. The second kappa shape index (κ2) is 6.26. The monoisotopic (exact) mass is 280 g/mol. The van der Waals surface area contributed by atoms with E-state index >= 15 is 0 Å². The molecule has 0 saturated carbocycles. The van der Waals surface area contributed by atoms with Gasteiger partial charge in [0.25, 0.3) is 5.91 Å². The van der Waals surface area contributed by atoms with E-state index in [1.807, 2.05) is 20.9 Å². The molecule has 1 aliphatic heterocycles. The Morgan fingerprint density at radius 1 is 1.55 bits per heavy atom. The zero-order valence-electron chi connectivity index (χ0n) is 12.7. The summed E-state index contributed by atoms with van der Waals surface area (Å²) in [5, 5.41) is 10.7. The summed E-state index contributed by atoms with van der Waals surface area (Å²) in [5.41, 5.74) is 1.75. The molecule has 1 aliphatic rings. The molecule has 2 atom stereocenters. The molecule has 6 nitrogen and oxygen atoms in total. The van der Waals surface area contributed by atoms with Gasteiger partial charge in [0, 0.05) is 19.1 Å². The fraction of sp³-hybridized carbons (Fsp3) is 0.714. The first kappa shape index (κ1) is 14.8. The number of hydrogen-bond donors (Lipinski definition) is 2. The van der Waals surface area contributed by atoms with E-state index in [1.54, 1.807) is 4.68 Å². The number of aromatic nitrogens is 2. The molecule has 1 aromatic heterocycles. The van der Waals surface area contributed by atoms with Crippen LogP contribution in [0.2, 0.25) is 0 Å². The van der Waals surface area contributed by atoms with Crippen molar-refractivity contribution in [2.75, 3.05) is 13.2 Å². The number of carbonyl (C=O) groups is 1. The highest BCUT2D eigenvalue weighted by Crippen LogP contribution is 2.21. The minimum Gasteiger partial charge on any atom is -0.480 e. The summed E-state index contributed by atoms with van der Waals surface area (Å²) in [6.45, 7) is 6.95. The second-order valence-corrected chi connectivity index (χ2v) is 5.56. The van der Waals surface area contributed by atoms with Crippen LogP contribution in [0, 0.1) is 13.8 Å². The van der Waals surface area contributed by atoms with Gasteiger partial charge in [-0.2, -0.15) is 5.10 Å². The third-order valence-electron chi connectivity index (χ3n) is 3.78. The molecule has 0 bridgehead atoms. The maximum Gasteiger partial charge on any atom is 0.258 e. The largest absolute Gasteiger partial charge is 0.480 e. The average molecular weight is 280 g/mol. The first-order valence-corrected chi connectivity index (χ1v) is 7.13. The number of hydrogen-bond acceptors (Lipinski definition) is 4. The maximum atomic E-state index is 11.9. The molecule has 1 aromatic rings. The third-order valence-corrected chi connectivity index (χ3v) is 3.78. The lowest BCUT2D eigenvalue weighted by molar-refractivity contribution is -0.124. The van der Waals surface area contributed by atoms with Gasteiger partial charge in [-0.1, -0.05) is 0 Å². The standard InChI is InChI=1S/C14H24N4O2/c1-9-7-12(5-6-15-9)16-13(19)8-20-14-10(2)17-18(4)11(14)3/h9,12,15H,5-8H2,1-4H3,(H,16,19). The number of amides is 1. The normalized spacial score (nSPS) is 22.6. The highest BCUT2D eigenvalue weighted by Gasteiger charge is 2.20. The van der Waals surface area contributed by atoms with Crippen molar-refractivity contribution in [3.05, 3.63) is 11.4 Å². The van der Waals surface area contributed by atoms with Crippen LogP contribution >= 0.6 is 0 Å². The van der Waals surface area contributed by atoms with Crippen molar-refractivity contribution < 1.29 is 9.53 Å². The van der Waals surface area contributed by atoms with E-state index in [4.69, 9.17) is 4.74 Å². The number of ether oxygens (including phenoxy) is 1. The van der Waals surface area contributed by atoms with Crippen LogP contribution in [-0.2, 0) is 11.8 Å². The van der Waals surface area contributed by atoms with Gasteiger partial charge in [0.15, 0.2) is 12.4 Å². The van der Waals surface area contributed by atoms with E-state index in [2.05, 4.69) is 22.7 Å². The summed E-state index contributed by atoms with van der Waals surface area (Å²) < 4.78 is 7.37. The van der Waals surface area contributed by atoms with Gasteiger partial charge >= 0.3 is 0 Å². The molecule has 2 heterocycles. The zero-order valence-corrected chi connectivity index (χ0v) is 12.7. The molecule has 0 aromatic carbocycles. The van der Waals surface area contributed by atoms with Crippen LogP contribution < -0.4 is 15.4 Å². The van der Waals surface area contributed by atoms with Gasteiger partial charge in [-0.15, -0.1) is 0 Å². The van der Waals surface area contributed by atoms with Crippen molar-refractivity contribution in [1.29, 1.82) is 0 Å². The summed E-state index contributed by atoms with van der Waals surface area (Å²) in [5.74, 6) is 0.646. The van der Waals surface area contributed by atoms with Crippen LogP contribution in [0.1, 0.15) is 31.2 Å². The van der Waals surface area contributed by atoms with Crippen molar-refractivity contribution in [2.45, 2.75) is 45.7 Å². The Bertz CT molecular complexity index is 484. The Kier molecular flexibility index (Phi) is 4.65. The molecule has 2 rings (SSSR count). The number of aryl methyl sites for hydroxylation is 2. The van der Waals surface area contributed by atoms with E-state index in [-0.39, 0.29) is 18.6 Å². The number of nitrogens with one attached hydrogen (secondary N) is 2. The van der Waals surface area contributed by atoms with Gasteiger partial charge in [0.05, 0.1) is 5.69 Å². The van der Waals surface area contributed by atoms with Crippen molar-refractivity contribution in [3.63, 3.8) is 0 Å². The Balaban J connectivity index is 1.83. The Hall–Kier alpha value is -1.56. The molecule has 0 aliphatic carbocycles. The summed E-state index contributed by atoms with van der Waals surface area (Å²) in [7, 11) is 1.87. The lowest BCUT2D eigenvalue weighted by Gasteiger charge is -2.28. The number of carbonyl (C=O) groups excluding carboxylic acids is 1. The Labute approximate surface area is 119 Å². The first-order valence-electron chi connectivity index (χ1n) is 7.13. The SMILES string of the molecule is Cc1nn(C)c(C)c1OCC(=O)NC1CCNC(C)C1. The summed E-state index contributed by atoms with van der Waals surface area (Å²) >= 11 is 0. The van der Waals surface area contributed by atoms with E-state index in [1.165, 1.54) is 0 Å². The molecule has 112 valence electrons. The van der Waals surface area contributed by atoms with Crippen LogP contribution in [0.5, 0.6) is 5.75 Å². The Morgan fingerprint density at radius 3 is 2.90 bits per heavy atom. The molecule has 1 amide bonds. The number of piperidine rings is 1. The smallest absolute Gasteiger partial charge is 0.258 e. The van der Waals surface area contributed by atoms with E-state index in [0.29, 0.717) is 11.8 Å². The summed E-state index contributed by atoms with van der Waals surface area (Å²) in [4.78, 5) is 11.9. The van der Waals surface area contributed by atoms with Crippen molar-refractivity contribution in [1.82, 2.24) is 20.4 Å². The molecule has 1 saturated heterocycles. The first-order chi connectivity index (χ1) is 9.47. The quantitative estimate of drug-likeness (QED) is 0.851. The van der Waals surface area contributed by atoms with Crippen LogP contribution in [0.15, 0.2) is 0 Å². The molecule has 20 heavy (non-hydrogen) atoms. The van der Waals surface area contributed by atoms with Gasteiger partial charge in [-0.25, -0.2) is 0 Å². The molecule has 1 fully saturated rings. The van der Waals surface area contributed by atoms with Crippen LogP contribution in [-0.4, -0.2) is 40.9 Å². The van der Waals surface area contributed by atoms with Crippen molar-refractivity contribution >= 4 is 5.91 Å². The fourth-order valence-corrected chi connectivity index (χ4v) is 2.63. The van der Waals surface area contributed by atoms with Gasteiger partial charge in [-0.05, 0) is 40.2 Å². The van der Waals surface area contributed by atoms with E-state index in [9.17, 15) is 4.79 Å². The van der Waals surface area contributed by atoms with Crippen LogP contribution in [0.4, 0.5) is 0 Å². The van der Waals surface area contributed by atoms with Crippen molar-refractivity contribution in [2.24, 2.45) is 7.05 Å². The van der Waals surface area contributed by atoms with E-state index < -0.39 is 0 Å². The molecule has 0 spiro atoms. The second-order valence-electron chi connectivity index (χ2n) is 5.56. The van der Waals surface area contributed by atoms with Gasteiger partial charge in [0.1, 0.15) is 5.69 Å². The Morgan fingerprint density at radius 2 is 2.30 bits per heavy atom. The molecule has 6 heteroatoms. The zero-order chi connectivity index (χ0) is 14.7. The maximum absolute atomic E-state index is 11.9. The van der Waals surface area contributed by atoms with Gasteiger partial charge in [-0.3, -0.25) is 9.48 Å².